The van der Waals surface area contributed by atoms with Crippen molar-refractivity contribution in [2.24, 2.45) is 11.3 Å². The first-order chi connectivity index (χ1) is 7.71. The van der Waals surface area contributed by atoms with Gasteiger partial charge in [-0.15, -0.1) is 0 Å². The Morgan fingerprint density at radius 1 is 1.06 bits per heavy atom. The number of rotatable bonds is 6. The van der Waals surface area contributed by atoms with Gasteiger partial charge in [0.15, 0.2) is 5.79 Å². The Bertz CT molecular complexity index is 233. The smallest absolute Gasteiger partial charge is 0.177 e. The lowest BCUT2D eigenvalue weighted by Crippen LogP contribution is -2.19. The molecule has 1 heterocycles. The van der Waals surface area contributed by atoms with Gasteiger partial charge in [-0.1, -0.05) is 46.5 Å². The van der Waals surface area contributed by atoms with Gasteiger partial charge in [-0.25, -0.2) is 0 Å². The maximum Gasteiger partial charge on any atom is 0.177 e. The van der Waals surface area contributed by atoms with Crippen molar-refractivity contribution in [3.05, 3.63) is 0 Å². The minimum Gasteiger partial charge on any atom is -0.347 e. The van der Waals surface area contributed by atoms with Crippen molar-refractivity contribution in [1.82, 2.24) is 0 Å². The van der Waals surface area contributed by atoms with E-state index < -0.39 is 0 Å². The fraction of sp³-hybridized carbons (Fsp3) is 1.00. The molecule has 1 aliphatic heterocycles. The van der Waals surface area contributed by atoms with Crippen LogP contribution in [0.3, 0.4) is 0 Å². The Balaban J connectivity index is 1.87. The Morgan fingerprint density at radius 3 is 2.31 bits per heavy atom. The summed E-state index contributed by atoms with van der Waals surface area (Å²) < 4.78 is 11.8. The van der Waals surface area contributed by atoms with E-state index in [-0.39, 0.29) is 5.79 Å². The molecule has 0 bridgehead atoms. The highest BCUT2D eigenvalue weighted by Gasteiger charge is 2.76. The lowest BCUT2D eigenvalue weighted by Gasteiger charge is -2.16. The lowest BCUT2D eigenvalue weighted by atomic mass is 9.96. The Hall–Kier alpha value is -0.0800. The second-order valence-electron chi connectivity index (χ2n) is 5.55. The van der Waals surface area contributed by atoms with Crippen molar-refractivity contribution < 1.29 is 9.47 Å². The minimum atomic E-state index is -0.187. The zero-order valence-corrected chi connectivity index (χ0v) is 11.1. The average molecular weight is 226 g/mol. The topological polar surface area (TPSA) is 18.5 Å². The first-order valence-electron chi connectivity index (χ1n) is 6.99. The van der Waals surface area contributed by atoms with Crippen LogP contribution in [-0.4, -0.2) is 19.0 Å². The molecule has 2 nitrogen and oxygen atoms in total. The molecule has 2 unspecified atom stereocenters. The van der Waals surface area contributed by atoms with Crippen molar-refractivity contribution in [2.45, 2.75) is 65.1 Å². The molecule has 1 saturated carbocycles. The highest BCUT2D eigenvalue weighted by atomic mass is 16.8. The third-order valence-electron chi connectivity index (χ3n) is 4.61. The summed E-state index contributed by atoms with van der Waals surface area (Å²) in [5.41, 5.74) is 0.298. The second-order valence-corrected chi connectivity index (χ2v) is 5.55. The molecule has 0 aromatic rings. The van der Waals surface area contributed by atoms with Crippen LogP contribution in [0.15, 0.2) is 0 Å². The predicted octanol–water partition coefficient (Wildman–Crippen LogP) is 3.75. The van der Waals surface area contributed by atoms with Crippen LogP contribution in [0.4, 0.5) is 0 Å². The Labute approximate surface area is 99.7 Å². The van der Waals surface area contributed by atoms with E-state index in [4.69, 9.17) is 9.47 Å². The Kier molecular flexibility index (Phi) is 3.60. The number of hydrogen-bond donors (Lipinski definition) is 0. The van der Waals surface area contributed by atoms with E-state index in [9.17, 15) is 0 Å². The minimum absolute atomic E-state index is 0.187. The Morgan fingerprint density at radius 2 is 1.75 bits per heavy atom. The molecular formula is C14H26O2. The monoisotopic (exact) mass is 226 g/mol. The predicted molar refractivity (Wildman–Crippen MR) is 65.3 cm³/mol. The largest absolute Gasteiger partial charge is 0.347 e. The molecule has 0 aromatic heterocycles. The molecule has 0 radical (unpaired) electrons. The summed E-state index contributed by atoms with van der Waals surface area (Å²) >= 11 is 0. The van der Waals surface area contributed by atoms with Gasteiger partial charge >= 0.3 is 0 Å². The zero-order chi connectivity index (χ0) is 11.6. The fourth-order valence-electron chi connectivity index (χ4n) is 3.65. The van der Waals surface area contributed by atoms with E-state index >= 15 is 0 Å². The van der Waals surface area contributed by atoms with Gasteiger partial charge in [-0.2, -0.15) is 0 Å². The van der Waals surface area contributed by atoms with Gasteiger partial charge in [0.05, 0.1) is 13.2 Å². The van der Waals surface area contributed by atoms with E-state index in [0.717, 1.165) is 13.2 Å². The molecule has 2 atom stereocenters. The molecule has 94 valence electrons. The molecule has 16 heavy (non-hydrogen) atoms. The van der Waals surface area contributed by atoms with Crippen LogP contribution in [0, 0.1) is 11.3 Å². The van der Waals surface area contributed by atoms with E-state index in [0.29, 0.717) is 11.3 Å². The van der Waals surface area contributed by atoms with Gasteiger partial charge in [0.25, 0.3) is 0 Å². The van der Waals surface area contributed by atoms with E-state index in [2.05, 4.69) is 20.8 Å². The average Bonchev–Trinajstić information content (AvgIpc) is 2.66. The van der Waals surface area contributed by atoms with Gasteiger partial charge in [0, 0.05) is 11.3 Å². The van der Waals surface area contributed by atoms with Crippen molar-refractivity contribution in [2.75, 3.05) is 13.2 Å². The van der Waals surface area contributed by atoms with E-state index in [1.807, 2.05) is 0 Å². The first kappa shape index (κ1) is 12.4. The molecule has 1 spiro atoms. The number of unbranched alkanes of at least 4 members (excludes halogenated alkanes) is 3. The number of ether oxygens (including phenoxy) is 2. The maximum absolute atomic E-state index is 5.91. The van der Waals surface area contributed by atoms with Crippen LogP contribution in [0.25, 0.3) is 0 Å². The molecule has 2 fully saturated rings. The molecule has 0 aromatic carbocycles. The van der Waals surface area contributed by atoms with Gasteiger partial charge in [0.1, 0.15) is 0 Å². The summed E-state index contributed by atoms with van der Waals surface area (Å²) in [6, 6.07) is 0. The summed E-state index contributed by atoms with van der Waals surface area (Å²) in [6.07, 6.45) is 7.82. The molecule has 1 saturated heterocycles. The first-order valence-corrected chi connectivity index (χ1v) is 6.99. The fourth-order valence-corrected chi connectivity index (χ4v) is 3.65. The van der Waals surface area contributed by atoms with Crippen LogP contribution < -0.4 is 0 Å². The van der Waals surface area contributed by atoms with Crippen molar-refractivity contribution in [1.29, 1.82) is 0 Å². The van der Waals surface area contributed by atoms with E-state index in [1.54, 1.807) is 0 Å². The van der Waals surface area contributed by atoms with Crippen LogP contribution in [0.2, 0.25) is 0 Å². The van der Waals surface area contributed by atoms with Crippen LogP contribution in [-0.2, 0) is 9.47 Å². The molecule has 0 N–H and O–H groups in total. The quantitative estimate of drug-likeness (QED) is 0.642. The van der Waals surface area contributed by atoms with Crippen LogP contribution in [0.1, 0.15) is 59.3 Å². The van der Waals surface area contributed by atoms with Crippen LogP contribution >= 0.6 is 0 Å². The number of hydrogen-bond acceptors (Lipinski definition) is 2. The van der Waals surface area contributed by atoms with Crippen LogP contribution in [0.5, 0.6) is 0 Å². The zero-order valence-electron chi connectivity index (χ0n) is 11.1. The second kappa shape index (κ2) is 4.66. The SMILES string of the molecule is CCCCCCC1(C)C(CC)C12OCCO2. The van der Waals surface area contributed by atoms with Gasteiger partial charge in [-0.3, -0.25) is 0 Å². The molecule has 2 rings (SSSR count). The van der Waals surface area contributed by atoms with Crippen molar-refractivity contribution in [3.8, 4) is 0 Å². The van der Waals surface area contributed by atoms with E-state index in [1.165, 1.54) is 38.5 Å². The molecule has 0 amide bonds. The van der Waals surface area contributed by atoms with Gasteiger partial charge in [-0.05, 0) is 12.8 Å². The molecule has 2 aliphatic rings. The summed E-state index contributed by atoms with van der Waals surface area (Å²) in [5, 5.41) is 0. The summed E-state index contributed by atoms with van der Waals surface area (Å²) in [4.78, 5) is 0. The van der Waals surface area contributed by atoms with Gasteiger partial charge < -0.3 is 9.47 Å². The van der Waals surface area contributed by atoms with Crippen molar-refractivity contribution >= 4 is 0 Å². The lowest BCUT2D eigenvalue weighted by molar-refractivity contribution is -0.108. The highest BCUT2D eigenvalue weighted by molar-refractivity contribution is 5.17. The van der Waals surface area contributed by atoms with Crippen molar-refractivity contribution in [3.63, 3.8) is 0 Å². The maximum atomic E-state index is 5.91. The molecule has 2 heteroatoms. The molecular weight excluding hydrogens is 200 g/mol. The summed E-state index contributed by atoms with van der Waals surface area (Å²) in [7, 11) is 0. The summed E-state index contributed by atoms with van der Waals surface area (Å²) in [6.45, 7) is 8.47. The van der Waals surface area contributed by atoms with Gasteiger partial charge in [0.2, 0.25) is 0 Å². The highest BCUT2D eigenvalue weighted by Crippen LogP contribution is 2.69. The standard InChI is InChI=1S/C14H26O2/c1-4-6-7-8-9-13(3)12(5-2)14(13)15-10-11-16-14/h12H,4-11H2,1-3H3. The third kappa shape index (κ3) is 1.70. The molecule has 1 aliphatic carbocycles. The summed E-state index contributed by atoms with van der Waals surface area (Å²) in [5.74, 6) is 0.442. The normalized spacial score (nSPS) is 35.8. The third-order valence-corrected chi connectivity index (χ3v) is 4.61.